The van der Waals surface area contributed by atoms with Crippen LogP contribution in [0.3, 0.4) is 0 Å². The standard InChI is InChI=1S/C25H32N6O/c1-18(2)14-26-21-11-10-20-16-31(15-19-8-6-5-7-9-19)17-25(3,23(20)27-21)24(32)28-22-12-13-30(4)29-22/h5-13,18H,14-17H2,1-4H3,(H,26,27)(H,28,29,32). The van der Waals surface area contributed by atoms with Crippen molar-refractivity contribution in [1.82, 2.24) is 19.7 Å². The van der Waals surface area contributed by atoms with E-state index in [1.165, 1.54) is 5.56 Å². The van der Waals surface area contributed by atoms with Crippen molar-refractivity contribution in [3.8, 4) is 0 Å². The van der Waals surface area contributed by atoms with Crippen LogP contribution in [0.15, 0.2) is 54.7 Å². The minimum atomic E-state index is -0.810. The lowest BCUT2D eigenvalue weighted by Gasteiger charge is -2.40. The van der Waals surface area contributed by atoms with E-state index in [-0.39, 0.29) is 5.91 Å². The summed E-state index contributed by atoms with van der Waals surface area (Å²) in [5.74, 6) is 1.78. The third-order valence-corrected chi connectivity index (χ3v) is 5.83. The van der Waals surface area contributed by atoms with Crippen LogP contribution in [0.5, 0.6) is 0 Å². The summed E-state index contributed by atoms with van der Waals surface area (Å²) in [5.41, 5.74) is 2.34. The normalized spacial score (nSPS) is 18.4. The fourth-order valence-corrected chi connectivity index (χ4v) is 4.19. The number of amides is 1. The first-order chi connectivity index (χ1) is 15.3. The molecule has 0 saturated carbocycles. The molecule has 2 N–H and O–H groups in total. The molecule has 0 radical (unpaired) electrons. The van der Waals surface area contributed by atoms with E-state index in [0.29, 0.717) is 18.3 Å². The van der Waals surface area contributed by atoms with E-state index >= 15 is 0 Å². The lowest BCUT2D eigenvalue weighted by molar-refractivity contribution is -0.122. The fraction of sp³-hybridized carbons (Fsp3) is 0.400. The van der Waals surface area contributed by atoms with Gasteiger partial charge in [-0.1, -0.05) is 50.2 Å². The molecular weight excluding hydrogens is 400 g/mol. The van der Waals surface area contributed by atoms with Gasteiger partial charge in [-0.25, -0.2) is 4.98 Å². The van der Waals surface area contributed by atoms with E-state index in [2.05, 4.69) is 64.8 Å². The first kappa shape index (κ1) is 22.0. The van der Waals surface area contributed by atoms with Crippen LogP contribution >= 0.6 is 0 Å². The smallest absolute Gasteiger partial charge is 0.238 e. The molecule has 2 aromatic heterocycles. The zero-order valence-corrected chi connectivity index (χ0v) is 19.3. The van der Waals surface area contributed by atoms with Gasteiger partial charge in [0, 0.05) is 45.5 Å². The molecule has 1 aromatic carbocycles. The van der Waals surface area contributed by atoms with Crippen molar-refractivity contribution >= 4 is 17.5 Å². The predicted molar refractivity (Wildman–Crippen MR) is 127 cm³/mol. The topological polar surface area (TPSA) is 75.1 Å². The van der Waals surface area contributed by atoms with Gasteiger partial charge < -0.3 is 10.6 Å². The molecule has 0 saturated heterocycles. The molecule has 168 valence electrons. The third kappa shape index (κ3) is 4.83. The molecule has 1 aliphatic heterocycles. The number of benzene rings is 1. The van der Waals surface area contributed by atoms with Crippen LogP contribution in [0.2, 0.25) is 0 Å². The van der Waals surface area contributed by atoms with Crippen molar-refractivity contribution in [2.45, 2.75) is 39.3 Å². The molecule has 1 unspecified atom stereocenters. The van der Waals surface area contributed by atoms with Gasteiger partial charge in [0.2, 0.25) is 5.91 Å². The molecule has 3 aromatic rings. The monoisotopic (exact) mass is 432 g/mol. The highest BCUT2D eigenvalue weighted by Gasteiger charge is 2.43. The second-order valence-electron chi connectivity index (χ2n) is 9.27. The Morgan fingerprint density at radius 2 is 1.91 bits per heavy atom. The third-order valence-electron chi connectivity index (χ3n) is 5.83. The van der Waals surface area contributed by atoms with Crippen LogP contribution in [-0.4, -0.2) is 38.7 Å². The first-order valence-corrected chi connectivity index (χ1v) is 11.1. The van der Waals surface area contributed by atoms with E-state index in [0.717, 1.165) is 36.7 Å². The van der Waals surface area contributed by atoms with Gasteiger partial charge in [0.05, 0.1) is 5.69 Å². The minimum Gasteiger partial charge on any atom is -0.370 e. The molecule has 0 bridgehead atoms. The van der Waals surface area contributed by atoms with E-state index in [9.17, 15) is 4.79 Å². The van der Waals surface area contributed by atoms with Crippen LogP contribution in [-0.2, 0) is 30.3 Å². The van der Waals surface area contributed by atoms with Crippen molar-refractivity contribution in [1.29, 1.82) is 0 Å². The number of aromatic nitrogens is 3. The Balaban J connectivity index is 1.66. The SMILES string of the molecule is CC(C)CNc1ccc2c(n1)C(C)(C(=O)Nc1ccn(C)n1)CN(Cc1ccccc1)C2. The van der Waals surface area contributed by atoms with Crippen LogP contribution in [0.4, 0.5) is 11.6 Å². The Morgan fingerprint density at radius 1 is 1.12 bits per heavy atom. The second kappa shape index (κ2) is 9.12. The van der Waals surface area contributed by atoms with E-state index in [1.807, 2.05) is 32.3 Å². The van der Waals surface area contributed by atoms with E-state index < -0.39 is 5.41 Å². The Hall–Kier alpha value is -3.19. The summed E-state index contributed by atoms with van der Waals surface area (Å²) < 4.78 is 1.68. The lowest BCUT2D eigenvalue weighted by atomic mass is 9.79. The summed E-state index contributed by atoms with van der Waals surface area (Å²) in [6.07, 6.45) is 1.82. The number of carbonyl (C=O) groups is 1. The molecule has 1 aliphatic rings. The van der Waals surface area contributed by atoms with Crippen molar-refractivity contribution in [3.63, 3.8) is 0 Å². The predicted octanol–water partition coefficient (Wildman–Crippen LogP) is 3.80. The Morgan fingerprint density at radius 3 is 2.59 bits per heavy atom. The number of rotatable bonds is 7. The van der Waals surface area contributed by atoms with E-state index in [1.54, 1.807) is 10.7 Å². The maximum absolute atomic E-state index is 13.6. The number of pyridine rings is 1. The summed E-state index contributed by atoms with van der Waals surface area (Å²) in [6, 6.07) is 16.3. The van der Waals surface area contributed by atoms with Gasteiger partial charge in [0.25, 0.3) is 0 Å². The summed E-state index contributed by atoms with van der Waals surface area (Å²) in [5, 5.41) is 10.7. The number of aryl methyl sites for hydroxylation is 1. The number of nitrogens with zero attached hydrogens (tertiary/aromatic N) is 4. The molecule has 0 spiro atoms. The lowest BCUT2D eigenvalue weighted by Crippen LogP contribution is -2.51. The van der Waals surface area contributed by atoms with Crippen molar-refractivity contribution < 1.29 is 4.79 Å². The van der Waals surface area contributed by atoms with Crippen LogP contribution in [0.1, 0.15) is 37.6 Å². The van der Waals surface area contributed by atoms with Gasteiger partial charge in [-0.3, -0.25) is 14.4 Å². The average Bonchev–Trinajstić information content (AvgIpc) is 3.17. The molecule has 1 amide bonds. The number of hydrogen-bond donors (Lipinski definition) is 2. The van der Waals surface area contributed by atoms with E-state index in [4.69, 9.17) is 4.98 Å². The van der Waals surface area contributed by atoms with Gasteiger partial charge >= 0.3 is 0 Å². The number of carbonyl (C=O) groups excluding carboxylic acids is 1. The van der Waals surface area contributed by atoms with Gasteiger partial charge in [-0.2, -0.15) is 5.10 Å². The van der Waals surface area contributed by atoms with Crippen molar-refractivity contribution in [3.05, 3.63) is 71.5 Å². The Bertz CT molecular complexity index is 1080. The molecule has 1 atom stereocenters. The van der Waals surface area contributed by atoms with Crippen LogP contribution < -0.4 is 10.6 Å². The van der Waals surface area contributed by atoms with Gasteiger partial charge in [-0.05, 0) is 30.0 Å². The Kier molecular flexibility index (Phi) is 6.28. The number of anilines is 2. The highest BCUT2D eigenvalue weighted by atomic mass is 16.2. The largest absolute Gasteiger partial charge is 0.370 e. The molecule has 7 nitrogen and oxygen atoms in total. The highest BCUT2D eigenvalue weighted by molar-refractivity contribution is 5.98. The van der Waals surface area contributed by atoms with Gasteiger partial charge in [0.15, 0.2) is 5.82 Å². The molecular formula is C25H32N6O. The first-order valence-electron chi connectivity index (χ1n) is 11.1. The maximum atomic E-state index is 13.6. The molecule has 0 fully saturated rings. The highest BCUT2D eigenvalue weighted by Crippen LogP contribution is 2.35. The molecule has 7 heteroatoms. The Labute approximate surface area is 189 Å². The van der Waals surface area contributed by atoms with Crippen LogP contribution in [0.25, 0.3) is 0 Å². The summed E-state index contributed by atoms with van der Waals surface area (Å²) in [6.45, 7) is 9.26. The molecule has 0 aliphatic carbocycles. The number of hydrogen-bond acceptors (Lipinski definition) is 5. The molecule has 32 heavy (non-hydrogen) atoms. The van der Waals surface area contributed by atoms with Crippen molar-refractivity contribution in [2.75, 3.05) is 23.7 Å². The van der Waals surface area contributed by atoms with Crippen LogP contribution in [0, 0.1) is 5.92 Å². The molecule has 3 heterocycles. The maximum Gasteiger partial charge on any atom is 0.238 e. The summed E-state index contributed by atoms with van der Waals surface area (Å²) in [4.78, 5) is 20.8. The van der Waals surface area contributed by atoms with Gasteiger partial charge in [0.1, 0.15) is 11.2 Å². The van der Waals surface area contributed by atoms with Gasteiger partial charge in [-0.15, -0.1) is 0 Å². The zero-order valence-electron chi connectivity index (χ0n) is 19.3. The number of nitrogens with one attached hydrogen (secondary N) is 2. The fourth-order valence-electron chi connectivity index (χ4n) is 4.19. The quantitative estimate of drug-likeness (QED) is 0.594. The molecule has 4 rings (SSSR count). The number of fused-ring (bicyclic) bond motifs is 1. The minimum absolute atomic E-state index is 0.0938. The zero-order chi connectivity index (χ0) is 22.7. The van der Waals surface area contributed by atoms with Crippen molar-refractivity contribution in [2.24, 2.45) is 13.0 Å². The second-order valence-corrected chi connectivity index (χ2v) is 9.27. The average molecular weight is 433 g/mol. The summed E-state index contributed by atoms with van der Waals surface area (Å²) in [7, 11) is 1.84. The summed E-state index contributed by atoms with van der Waals surface area (Å²) >= 11 is 0.